The van der Waals surface area contributed by atoms with Gasteiger partial charge >= 0.3 is 0 Å². The molecule has 4 N–H and O–H groups in total. The van der Waals surface area contributed by atoms with E-state index >= 15 is 0 Å². The highest BCUT2D eigenvalue weighted by molar-refractivity contribution is 6.35. The van der Waals surface area contributed by atoms with Crippen LogP contribution < -0.4 is 16.4 Å². The van der Waals surface area contributed by atoms with Gasteiger partial charge in [-0.1, -0.05) is 58.5 Å². The number of benzene rings is 4. The molecular formula is C26H18Cl4N4O4. The van der Waals surface area contributed by atoms with Crippen molar-refractivity contribution >= 4 is 81.0 Å². The van der Waals surface area contributed by atoms with Crippen molar-refractivity contribution in [2.24, 2.45) is 0 Å². The molecule has 4 aromatic rings. The molecule has 0 saturated carbocycles. The molecule has 4 aromatic carbocycles. The van der Waals surface area contributed by atoms with Gasteiger partial charge < -0.3 is 16.4 Å². The first-order chi connectivity index (χ1) is 18.0. The number of nitro benzene ring substituents is 1. The summed E-state index contributed by atoms with van der Waals surface area (Å²) in [5, 5.41) is 17.5. The molecule has 0 aliphatic heterocycles. The number of carbonyl (C=O) groups excluding carboxylic acids is 2. The lowest BCUT2D eigenvalue weighted by molar-refractivity contribution is -0.384. The summed E-state index contributed by atoms with van der Waals surface area (Å²) in [4.78, 5) is 34.1. The first-order valence-electron chi connectivity index (χ1n) is 10.7. The Morgan fingerprint density at radius 3 is 1.63 bits per heavy atom. The van der Waals surface area contributed by atoms with Gasteiger partial charge in [0, 0.05) is 39.0 Å². The molecule has 0 aromatic heterocycles. The molecule has 0 fully saturated rings. The molecule has 0 aliphatic carbocycles. The van der Waals surface area contributed by atoms with Crippen LogP contribution in [0.25, 0.3) is 0 Å². The number of nitrogen functional groups attached to an aromatic ring is 1. The third-order valence-corrected chi connectivity index (χ3v) is 5.95. The van der Waals surface area contributed by atoms with E-state index in [0.29, 0.717) is 37.6 Å². The zero-order valence-electron chi connectivity index (χ0n) is 19.3. The van der Waals surface area contributed by atoms with Crippen LogP contribution in [0.5, 0.6) is 0 Å². The van der Waals surface area contributed by atoms with Crippen LogP contribution in [0.1, 0.15) is 20.7 Å². The number of hydrogen-bond acceptors (Lipinski definition) is 5. The maximum atomic E-state index is 12.0. The standard InChI is InChI=1S/C13H8Cl2N2O3.C13H10Cl2N2O/c14-9-3-1-2-8(6-9)13(18)16-12-7-10(17(19)20)4-5-11(12)15;14-9-3-1-2-8(6-9)13(18)17-12-7-10(16)4-5-11(12)15/h1-7H,(H,16,18);1-7H,16H2,(H,17,18). The topological polar surface area (TPSA) is 127 Å². The van der Waals surface area contributed by atoms with Gasteiger partial charge in [0.05, 0.1) is 26.3 Å². The van der Waals surface area contributed by atoms with E-state index in [-0.39, 0.29) is 22.3 Å². The third-order valence-electron chi connectivity index (χ3n) is 4.82. The molecule has 0 spiro atoms. The van der Waals surface area contributed by atoms with E-state index in [2.05, 4.69) is 10.6 Å². The molecule has 38 heavy (non-hydrogen) atoms. The van der Waals surface area contributed by atoms with Crippen LogP contribution in [0, 0.1) is 10.1 Å². The summed E-state index contributed by atoms with van der Waals surface area (Å²) in [7, 11) is 0. The molecule has 12 heteroatoms. The van der Waals surface area contributed by atoms with Crippen molar-refractivity contribution in [3.63, 3.8) is 0 Å². The number of nitrogens with one attached hydrogen (secondary N) is 2. The zero-order chi connectivity index (χ0) is 27.8. The predicted octanol–water partition coefficient (Wildman–Crippen LogP) is 7.98. The molecule has 194 valence electrons. The molecule has 4 rings (SSSR count). The molecule has 0 heterocycles. The average Bonchev–Trinajstić information content (AvgIpc) is 2.87. The number of anilines is 3. The summed E-state index contributed by atoms with van der Waals surface area (Å²) >= 11 is 23.5. The highest BCUT2D eigenvalue weighted by Crippen LogP contribution is 2.27. The number of carbonyl (C=O) groups is 2. The van der Waals surface area contributed by atoms with Gasteiger partial charge in [0.15, 0.2) is 0 Å². The average molecular weight is 592 g/mol. The highest BCUT2D eigenvalue weighted by Gasteiger charge is 2.13. The van der Waals surface area contributed by atoms with Gasteiger partial charge in [-0.3, -0.25) is 19.7 Å². The second-order valence-electron chi connectivity index (χ2n) is 7.59. The number of amides is 2. The van der Waals surface area contributed by atoms with E-state index < -0.39 is 10.8 Å². The van der Waals surface area contributed by atoms with Crippen LogP contribution >= 0.6 is 46.4 Å². The lowest BCUT2D eigenvalue weighted by atomic mass is 10.2. The number of nitrogens with zero attached hydrogens (tertiary/aromatic N) is 1. The predicted molar refractivity (Wildman–Crippen MR) is 153 cm³/mol. The molecule has 0 aliphatic rings. The monoisotopic (exact) mass is 590 g/mol. The van der Waals surface area contributed by atoms with Crippen molar-refractivity contribution in [1.29, 1.82) is 0 Å². The number of rotatable bonds is 5. The maximum Gasteiger partial charge on any atom is 0.271 e. The van der Waals surface area contributed by atoms with Crippen molar-refractivity contribution in [2.75, 3.05) is 16.4 Å². The minimum absolute atomic E-state index is 0.157. The Hall–Kier alpha value is -3.82. The molecular weight excluding hydrogens is 574 g/mol. The molecule has 0 unspecified atom stereocenters. The Morgan fingerprint density at radius 1 is 0.684 bits per heavy atom. The van der Waals surface area contributed by atoms with E-state index in [1.165, 1.54) is 24.3 Å². The molecule has 8 nitrogen and oxygen atoms in total. The minimum atomic E-state index is -0.564. The zero-order valence-corrected chi connectivity index (χ0v) is 22.3. The first-order valence-corrected chi connectivity index (χ1v) is 12.2. The number of hydrogen-bond donors (Lipinski definition) is 3. The molecule has 0 bridgehead atoms. The summed E-state index contributed by atoms with van der Waals surface area (Å²) in [6.45, 7) is 0. The minimum Gasteiger partial charge on any atom is -0.399 e. The molecule has 0 radical (unpaired) electrons. The SMILES string of the molecule is Nc1ccc(Cl)c(NC(=O)c2cccc(Cl)c2)c1.O=C(Nc1cc([N+](=O)[O-])ccc1Cl)c1cccc(Cl)c1. The van der Waals surface area contributed by atoms with Gasteiger partial charge in [0.25, 0.3) is 17.5 Å². The van der Waals surface area contributed by atoms with Gasteiger partial charge in [-0.2, -0.15) is 0 Å². The van der Waals surface area contributed by atoms with Crippen molar-refractivity contribution in [3.8, 4) is 0 Å². The first kappa shape index (κ1) is 28.7. The van der Waals surface area contributed by atoms with Gasteiger partial charge in [-0.05, 0) is 60.7 Å². The van der Waals surface area contributed by atoms with Crippen LogP contribution in [-0.4, -0.2) is 16.7 Å². The van der Waals surface area contributed by atoms with E-state index in [9.17, 15) is 19.7 Å². The van der Waals surface area contributed by atoms with Gasteiger partial charge in [0.1, 0.15) is 0 Å². The number of nitrogens with two attached hydrogens (primary N) is 1. The van der Waals surface area contributed by atoms with Crippen LogP contribution in [0.2, 0.25) is 20.1 Å². The lowest BCUT2D eigenvalue weighted by Gasteiger charge is -2.08. The van der Waals surface area contributed by atoms with Crippen LogP contribution in [0.15, 0.2) is 84.9 Å². The van der Waals surface area contributed by atoms with Crippen LogP contribution in [0.3, 0.4) is 0 Å². The van der Waals surface area contributed by atoms with E-state index in [4.69, 9.17) is 52.1 Å². The molecule has 0 saturated heterocycles. The normalized spacial score (nSPS) is 10.1. The summed E-state index contributed by atoms with van der Waals surface area (Å²) in [5.74, 6) is -0.736. The van der Waals surface area contributed by atoms with Crippen molar-refractivity contribution in [2.45, 2.75) is 0 Å². The van der Waals surface area contributed by atoms with E-state index in [1.54, 1.807) is 60.7 Å². The smallest absolute Gasteiger partial charge is 0.271 e. The van der Waals surface area contributed by atoms with Gasteiger partial charge in [-0.15, -0.1) is 0 Å². The fourth-order valence-electron chi connectivity index (χ4n) is 3.01. The summed E-state index contributed by atoms with van der Waals surface area (Å²) in [6, 6.07) is 21.7. The largest absolute Gasteiger partial charge is 0.399 e. The quantitative estimate of drug-likeness (QED) is 0.123. The van der Waals surface area contributed by atoms with Crippen molar-refractivity contribution < 1.29 is 14.5 Å². The lowest BCUT2D eigenvalue weighted by Crippen LogP contribution is -2.12. The van der Waals surface area contributed by atoms with Crippen molar-refractivity contribution in [1.82, 2.24) is 0 Å². The maximum absolute atomic E-state index is 12.0. The highest BCUT2D eigenvalue weighted by atomic mass is 35.5. The van der Waals surface area contributed by atoms with Gasteiger partial charge in [0.2, 0.25) is 0 Å². The van der Waals surface area contributed by atoms with Gasteiger partial charge in [-0.25, -0.2) is 0 Å². The number of nitro groups is 1. The fraction of sp³-hybridized carbons (Fsp3) is 0. The number of halogens is 4. The Balaban J connectivity index is 0.000000212. The molecule has 2 amide bonds. The summed E-state index contributed by atoms with van der Waals surface area (Å²) in [6.07, 6.45) is 0. The Labute approximate surface area is 237 Å². The second kappa shape index (κ2) is 13.1. The second-order valence-corrected chi connectivity index (χ2v) is 9.28. The third kappa shape index (κ3) is 8.09. The van der Waals surface area contributed by atoms with E-state index in [1.807, 2.05) is 0 Å². The molecule has 0 atom stereocenters. The van der Waals surface area contributed by atoms with Crippen LogP contribution in [-0.2, 0) is 0 Å². The Morgan fingerprint density at radius 2 is 1.16 bits per heavy atom. The number of non-ortho nitro benzene ring substituents is 1. The Bertz CT molecular complexity index is 1510. The van der Waals surface area contributed by atoms with Crippen LogP contribution in [0.4, 0.5) is 22.7 Å². The van der Waals surface area contributed by atoms with E-state index in [0.717, 1.165) is 0 Å². The summed E-state index contributed by atoms with van der Waals surface area (Å²) in [5.41, 5.74) is 7.45. The fourth-order valence-corrected chi connectivity index (χ4v) is 3.72. The summed E-state index contributed by atoms with van der Waals surface area (Å²) < 4.78 is 0. The van der Waals surface area contributed by atoms with Crippen molar-refractivity contribution in [3.05, 3.63) is 126 Å². The Kier molecular flexibility index (Phi) is 9.92.